The minimum Gasteiger partial charge on any atom is -0.337 e. The summed E-state index contributed by atoms with van der Waals surface area (Å²) < 4.78 is 1.83. The Morgan fingerprint density at radius 1 is 1.11 bits per heavy atom. The zero-order chi connectivity index (χ0) is 19.3. The molecule has 0 spiro atoms. The molecule has 2 amide bonds. The number of carbonyl (C=O) groups excluding carboxylic acids is 2. The van der Waals surface area contributed by atoms with Crippen molar-refractivity contribution < 1.29 is 9.59 Å². The predicted molar refractivity (Wildman–Crippen MR) is 104 cm³/mol. The lowest BCUT2D eigenvalue weighted by molar-refractivity contribution is -0.116. The molecule has 0 atom stereocenters. The Morgan fingerprint density at radius 3 is 2.89 bits per heavy atom. The Balaban J connectivity index is 1.41. The van der Waals surface area contributed by atoms with Crippen molar-refractivity contribution in [3.63, 3.8) is 0 Å². The highest BCUT2D eigenvalue weighted by Gasteiger charge is 2.12. The normalized spacial score (nSPS) is 10.7. The van der Waals surface area contributed by atoms with Crippen molar-refractivity contribution in [3.05, 3.63) is 67.0 Å². The van der Waals surface area contributed by atoms with Crippen molar-refractivity contribution in [3.8, 4) is 0 Å². The molecule has 1 aromatic carbocycles. The van der Waals surface area contributed by atoms with Gasteiger partial charge in [-0.1, -0.05) is 6.07 Å². The minimum absolute atomic E-state index is 0.142. The van der Waals surface area contributed by atoms with Gasteiger partial charge in [-0.2, -0.15) is 5.10 Å². The van der Waals surface area contributed by atoms with E-state index in [-0.39, 0.29) is 11.8 Å². The number of nitrogens with zero attached hydrogens (tertiary/aromatic N) is 4. The molecule has 9 heteroatoms. The van der Waals surface area contributed by atoms with E-state index in [4.69, 9.17) is 0 Å². The Kier molecular flexibility index (Phi) is 4.79. The Labute approximate surface area is 159 Å². The number of imidazole rings is 1. The Hall–Kier alpha value is -4.01. The average molecular weight is 375 g/mol. The van der Waals surface area contributed by atoms with E-state index in [9.17, 15) is 9.59 Å². The number of benzene rings is 1. The number of nitrogens with one attached hydrogen (secondary N) is 3. The Morgan fingerprint density at radius 2 is 2.04 bits per heavy atom. The number of hydrogen-bond acceptors (Lipinski definition) is 5. The first-order valence-corrected chi connectivity index (χ1v) is 8.64. The molecule has 0 saturated heterocycles. The molecule has 3 heterocycles. The SMILES string of the molecule is O=C(CCn1ccnc1)Nc1cccc(C(=O)Nc2n[nH]c3cnccc23)c1. The van der Waals surface area contributed by atoms with Gasteiger partial charge in [0, 0.05) is 48.2 Å². The molecular formula is C19H17N7O2. The summed E-state index contributed by atoms with van der Waals surface area (Å²) in [4.78, 5) is 32.6. The van der Waals surface area contributed by atoms with E-state index in [1.54, 1.807) is 61.4 Å². The van der Waals surface area contributed by atoms with E-state index in [2.05, 4.69) is 30.8 Å². The highest BCUT2D eigenvalue weighted by Crippen LogP contribution is 2.20. The number of aromatic amines is 1. The Bertz CT molecular complexity index is 1120. The first kappa shape index (κ1) is 17.4. The second-order valence-electron chi connectivity index (χ2n) is 6.13. The quantitative estimate of drug-likeness (QED) is 0.478. The van der Waals surface area contributed by atoms with E-state index in [0.29, 0.717) is 30.0 Å². The maximum Gasteiger partial charge on any atom is 0.256 e. The van der Waals surface area contributed by atoms with Gasteiger partial charge in [0.25, 0.3) is 5.91 Å². The first-order chi connectivity index (χ1) is 13.7. The molecule has 4 rings (SSSR count). The summed E-state index contributed by atoms with van der Waals surface area (Å²) in [5, 5.41) is 13.3. The summed E-state index contributed by atoms with van der Waals surface area (Å²) >= 11 is 0. The van der Waals surface area contributed by atoms with Gasteiger partial charge in [0.15, 0.2) is 5.82 Å². The second kappa shape index (κ2) is 7.70. The number of H-pyrrole nitrogens is 1. The van der Waals surface area contributed by atoms with Gasteiger partial charge in [-0.25, -0.2) is 4.98 Å². The van der Waals surface area contributed by atoms with Gasteiger partial charge >= 0.3 is 0 Å². The van der Waals surface area contributed by atoms with E-state index < -0.39 is 0 Å². The number of amides is 2. The molecule has 140 valence electrons. The van der Waals surface area contributed by atoms with E-state index in [1.165, 1.54) is 0 Å². The number of anilines is 2. The number of carbonyl (C=O) groups is 2. The zero-order valence-electron chi connectivity index (χ0n) is 14.8. The molecule has 0 aliphatic heterocycles. The smallest absolute Gasteiger partial charge is 0.256 e. The fourth-order valence-electron chi connectivity index (χ4n) is 2.75. The number of fused-ring (bicyclic) bond motifs is 1. The van der Waals surface area contributed by atoms with E-state index >= 15 is 0 Å². The standard InChI is InChI=1S/C19H17N7O2/c27-17(5-8-26-9-7-21-12-26)22-14-3-1-2-13(10-14)19(28)23-18-15-4-6-20-11-16(15)24-25-18/h1-4,6-7,9-12H,5,8H2,(H,22,27)(H2,23,24,25,28). The van der Waals surface area contributed by atoms with Crippen LogP contribution in [0.1, 0.15) is 16.8 Å². The van der Waals surface area contributed by atoms with Crippen LogP contribution in [0, 0.1) is 0 Å². The summed E-state index contributed by atoms with van der Waals surface area (Å²) in [5.74, 6) is -0.0334. The third kappa shape index (κ3) is 3.88. The molecule has 3 aromatic heterocycles. The predicted octanol–water partition coefficient (Wildman–Crippen LogP) is 2.44. The van der Waals surface area contributed by atoms with Crippen LogP contribution in [-0.4, -0.2) is 36.5 Å². The molecule has 0 saturated carbocycles. The average Bonchev–Trinajstić information content (AvgIpc) is 3.37. The van der Waals surface area contributed by atoms with Crippen LogP contribution >= 0.6 is 0 Å². The van der Waals surface area contributed by atoms with Gasteiger partial charge in [0.2, 0.25) is 5.91 Å². The summed E-state index contributed by atoms with van der Waals surface area (Å²) in [7, 11) is 0. The third-order valence-corrected chi connectivity index (χ3v) is 4.16. The first-order valence-electron chi connectivity index (χ1n) is 8.64. The molecule has 4 aromatic rings. The maximum absolute atomic E-state index is 12.6. The maximum atomic E-state index is 12.6. The highest BCUT2D eigenvalue weighted by molar-refractivity contribution is 6.08. The van der Waals surface area contributed by atoms with Crippen LogP contribution in [0.3, 0.4) is 0 Å². The van der Waals surface area contributed by atoms with E-state index in [0.717, 1.165) is 10.9 Å². The van der Waals surface area contributed by atoms with Crippen LogP contribution in [0.15, 0.2) is 61.4 Å². The fraction of sp³-hybridized carbons (Fsp3) is 0.105. The van der Waals surface area contributed by atoms with Crippen molar-refractivity contribution in [1.82, 2.24) is 24.7 Å². The monoisotopic (exact) mass is 375 g/mol. The van der Waals surface area contributed by atoms with Gasteiger partial charge in [-0.15, -0.1) is 0 Å². The van der Waals surface area contributed by atoms with Crippen molar-refractivity contribution in [2.45, 2.75) is 13.0 Å². The van der Waals surface area contributed by atoms with Gasteiger partial charge in [-0.3, -0.25) is 19.7 Å². The molecule has 0 radical (unpaired) electrons. The molecule has 0 fully saturated rings. The van der Waals surface area contributed by atoms with Crippen molar-refractivity contribution in [2.75, 3.05) is 10.6 Å². The molecule has 9 nitrogen and oxygen atoms in total. The summed E-state index contributed by atoms with van der Waals surface area (Å²) in [6.07, 6.45) is 8.70. The van der Waals surface area contributed by atoms with Crippen LogP contribution in [0.5, 0.6) is 0 Å². The van der Waals surface area contributed by atoms with Crippen LogP contribution < -0.4 is 10.6 Å². The van der Waals surface area contributed by atoms with Crippen LogP contribution in [0.2, 0.25) is 0 Å². The third-order valence-electron chi connectivity index (χ3n) is 4.16. The summed E-state index contributed by atoms with van der Waals surface area (Å²) in [6.45, 7) is 0.535. The van der Waals surface area contributed by atoms with Crippen molar-refractivity contribution in [1.29, 1.82) is 0 Å². The molecular weight excluding hydrogens is 358 g/mol. The van der Waals surface area contributed by atoms with Gasteiger partial charge in [0.1, 0.15) is 0 Å². The number of pyridine rings is 1. The molecule has 0 aliphatic rings. The number of rotatable bonds is 6. The van der Waals surface area contributed by atoms with Gasteiger partial charge in [-0.05, 0) is 24.3 Å². The summed E-state index contributed by atoms with van der Waals surface area (Å²) in [5.41, 5.74) is 1.70. The number of hydrogen-bond donors (Lipinski definition) is 3. The largest absolute Gasteiger partial charge is 0.337 e. The van der Waals surface area contributed by atoms with Crippen molar-refractivity contribution >= 4 is 34.2 Å². The highest BCUT2D eigenvalue weighted by atomic mass is 16.2. The lowest BCUT2D eigenvalue weighted by atomic mass is 10.2. The lowest BCUT2D eigenvalue weighted by Crippen LogP contribution is -2.16. The van der Waals surface area contributed by atoms with Crippen molar-refractivity contribution in [2.24, 2.45) is 0 Å². The second-order valence-corrected chi connectivity index (χ2v) is 6.13. The molecule has 0 aliphatic carbocycles. The minimum atomic E-state index is -0.320. The summed E-state index contributed by atoms with van der Waals surface area (Å²) in [6, 6.07) is 8.52. The van der Waals surface area contributed by atoms with Gasteiger partial charge in [0.05, 0.1) is 18.0 Å². The van der Waals surface area contributed by atoms with Gasteiger partial charge < -0.3 is 15.2 Å². The van der Waals surface area contributed by atoms with Crippen LogP contribution in [-0.2, 0) is 11.3 Å². The van der Waals surface area contributed by atoms with Crippen LogP contribution in [0.25, 0.3) is 10.9 Å². The lowest BCUT2D eigenvalue weighted by Gasteiger charge is -2.08. The topological polar surface area (TPSA) is 118 Å². The number of aryl methyl sites for hydroxylation is 1. The van der Waals surface area contributed by atoms with E-state index in [1.807, 2.05) is 4.57 Å². The number of aromatic nitrogens is 5. The molecule has 3 N–H and O–H groups in total. The molecule has 0 bridgehead atoms. The van der Waals surface area contributed by atoms with Crippen LogP contribution in [0.4, 0.5) is 11.5 Å². The fourth-order valence-corrected chi connectivity index (χ4v) is 2.75. The molecule has 28 heavy (non-hydrogen) atoms. The zero-order valence-corrected chi connectivity index (χ0v) is 14.8. The molecule has 0 unspecified atom stereocenters.